The zero-order valence-corrected chi connectivity index (χ0v) is 12.5. The van der Waals surface area contributed by atoms with Crippen LogP contribution >= 0.6 is 23.2 Å². The van der Waals surface area contributed by atoms with E-state index in [0.29, 0.717) is 16.0 Å². The lowest BCUT2D eigenvalue weighted by Gasteiger charge is -2.27. The summed E-state index contributed by atoms with van der Waals surface area (Å²) in [7, 11) is 0. The lowest BCUT2D eigenvalue weighted by atomic mass is 9.96. The second-order valence-corrected chi connectivity index (χ2v) is 5.76. The van der Waals surface area contributed by atoms with Crippen molar-refractivity contribution < 1.29 is 0 Å². The van der Waals surface area contributed by atoms with Crippen molar-refractivity contribution in [2.45, 2.75) is 13.0 Å². The quantitative estimate of drug-likeness (QED) is 0.746. The fourth-order valence-corrected chi connectivity index (χ4v) is 3.02. The lowest BCUT2D eigenvalue weighted by Crippen LogP contribution is -2.23. The summed E-state index contributed by atoms with van der Waals surface area (Å²) in [6.07, 6.45) is 1.96. The van der Waals surface area contributed by atoms with Gasteiger partial charge in [-0.2, -0.15) is 5.10 Å². The van der Waals surface area contributed by atoms with Crippen LogP contribution in [-0.4, -0.2) is 6.21 Å². The Kier molecular flexibility index (Phi) is 3.68. The highest BCUT2D eigenvalue weighted by molar-refractivity contribution is 6.36. The van der Waals surface area contributed by atoms with E-state index in [1.807, 2.05) is 41.6 Å². The van der Waals surface area contributed by atoms with E-state index in [1.165, 1.54) is 5.56 Å². The Hall–Kier alpha value is -1.51. The Balaban J connectivity index is 2.02. The molecule has 102 valence electrons. The van der Waals surface area contributed by atoms with Gasteiger partial charge in [0, 0.05) is 17.2 Å². The van der Waals surface area contributed by atoms with Crippen LogP contribution < -0.4 is 5.01 Å². The van der Waals surface area contributed by atoms with Gasteiger partial charge in [-0.3, -0.25) is 5.01 Å². The largest absolute Gasteiger partial charge is 0.256 e. The lowest BCUT2D eigenvalue weighted by molar-refractivity contribution is 0.592. The van der Waals surface area contributed by atoms with Gasteiger partial charge in [-0.25, -0.2) is 0 Å². The predicted molar refractivity (Wildman–Crippen MR) is 85.8 cm³/mol. The van der Waals surface area contributed by atoms with E-state index in [4.69, 9.17) is 23.2 Å². The highest BCUT2D eigenvalue weighted by atomic mass is 35.5. The molecule has 2 atom stereocenters. The number of rotatable bonds is 2. The minimum Gasteiger partial charge on any atom is -0.256 e. The minimum atomic E-state index is 0.162. The number of hydrogen-bond acceptors (Lipinski definition) is 2. The van der Waals surface area contributed by atoms with Crippen molar-refractivity contribution in [1.82, 2.24) is 0 Å². The smallest absolute Gasteiger partial charge is 0.0851 e. The van der Waals surface area contributed by atoms with E-state index in [-0.39, 0.29) is 6.04 Å². The zero-order chi connectivity index (χ0) is 14.1. The van der Waals surface area contributed by atoms with Crippen molar-refractivity contribution in [3.05, 3.63) is 64.1 Å². The summed E-state index contributed by atoms with van der Waals surface area (Å²) >= 11 is 12.3. The summed E-state index contributed by atoms with van der Waals surface area (Å²) in [5.74, 6) is 0.323. The van der Waals surface area contributed by atoms with Gasteiger partial charge >= 0.3 is 0 Å². The molecule has 0 radical (unpaired) electrons. The van der Waals surface area contributed by atoms with Crippen molar-refractivity contribution >= 4 is 35.1 Å². The van der Waals surface area contributed by atoms with Gasteiger partial charge in [-0.15, -0.1) is 0 Å². The second kappa shape index (κ2) is 5.47. The molecule has 20 heavy (non-hydrogen) atoms. The van der Waals surface area contributed by atoms with Crippen LogP contribution in [0.3, 0.4) is 0 Å². The Morgan fingerprint density at radius 1 is 1.05 bits per heavy atom. The van der Waals surface area contributed by atoms with Crippen LogP contribution in [0, 0.1) is 5.92 Å². The van der Waals surface area contributed by atoms with Crippen LogP contribution in [-0.2, 0) is 0 Å². The molecule has 0 bridgehead atoms. The normalized spacial score (nSPS) is 21.4. The van der Waals surface area contributed by atoms with E-state index < -0.39 is 0 Å². The summed E-state index contributed by atoms with van der Waals surface area (Å²) < 4.78 is 0. The maximum Gasteiger partial charge on any atom is 0.0851 e. The molecule has 2 aromatic rings. The monoisotopic (exact) mass is 304 g/mol. The molecule has 0 fully saturated rings. The topological polar surface area (TPSA) is 15.6 Å². The first kappa shape index (κ1) is 13.5. The number of hydrogen-bond donors (Lipinski definition) is 0. The van der Waals surface area contributed by atoms with Crippen LogP contribution in [0.25, 0.3) is 0 Å². The molecule has 0 spiro atoms. The third kappa shape index (κ3) is 2.41. The molecule has 2 nitrogen and oxygen atoms in total. The van der Waals surface area contributed by atoms with Gasteiger partial charge < -0.3 is 0 Å². The number of hydrazone groups is 1. The van der Waals surface area contributed by atoms with Crippen LogP contribution in [0.15, 0.2) is 53.6 Å². The molecule has 0 N–H and O–H groups in total. The molecule has 4 heteroatoms. The Morgan fingerprint density at radius 2 is 1.80 bits per heavy atom. The molecule has 0 aliphatic carbocycles. The molecular formula is C16H14Cl2N2. The van der Waals surface area contributed by atoms with Crippen molar-refractivity contribution in [3.8, 4) is 0 Å². The first-order chi connectivity index (χ1) is 9.66. The first-order valence-corrected chi connectivity index (χ1v) is 7.26. The summed E-state index contributed by atoms with van der Waals surface area (Å²) in [5, 5.41) is 7.73. The summed E-state index contributed by atoms with van der Waals surface area (Å²) in [4.78, 5) is 0. The van der Waals surface area contributed by atoms with E-state index in [1.54, 1.807) is 6.07 Å². The molecule has 0 amide bonds. The number of benzene rings is 2. The third-order valence-electron chi connectivity index (χ3n) is 3.49. The number of anilines is 1. The molecule has 0 saturated carbocycles. The van der Waals surface area contributed by atoms with Crippen LogP contribution in [0.1, 0.15) is 18.5 Å². The van der Waals surface area contributed by atoms with Gasteiger partial charge in [0.05, 0.1) is 16.8 Å². The molecule has 1 heterocycles. The standard InChI is InChI=1S/C16H14Cl2N2/c1-11-10-19-20(15-8-7-13(17)9-14(15)18)16(11)12-5-3-2-4-6-12/h2-11,16H,1H3. The SMILES string of the molecule is CC1C=NN(c2ccc(Cl)cc2Cl)C1c1ccccc1. The third-order valence-corrected chi connectivity index (χ3v) is 4.02. The fourth-order valence-electron chi connectivity index (χ4n) is 2.53. The molecule has 0 aromatic heterocycles. The van der Waals surface area contributed by atoms with E-state index >= 15 is 0 Å². The molecular weight excluding hydrogens is 291 g/mol. The molecule has 1 aliphatic heterocycles. The molecule has 1 aliphatic rings. The first-order valence-electron chi connectivity index (χ1n) is 6.50. The van der Waals surface area contributed by atoms with Gasteiger partial charge in [0.25, 0.3) is 0 Å². The van der Waals surface area contributed by atoms with Gasteiger partial charge in [-0.1, -0.05) is 60.5 Å². The van der Waals surface area contributed by atoms with Gasteiger partial charge in [0.15, 0.2) is 0 Å². The average molecular weight is 305 g/mol. The van der Waals surface area contributed by atoms with Crippen molar-refractivity contribution in [3.63, 3.8) is 0 Å². The summed E-state index contributed by atoms with van der Waals surface area (Å²) in [6, 6.07) is 16.0. The van der Waals surface area contributed by atoms with Crippen LogP contribution in [0.4, 0.5) is 5.69 Å². The molecule has 0 saturated heterocycles. The van der Waals surface area contributed by atoms with E-state index in [2.05, 4.69) is 24.2 Å². The summed E-state index contributed by atoms with van der Waals surface area (Å²) in [6.45, 7) is 2.16. The summed E-state index contributed by atoms with van der Waals surface area (Å²) in [5.41, 5.74) is 2.11. The maximum atomic E-state index is 6.31. The molecule has 2 aromatic carbocycles. The van der Waals surface area contributed by atoms with E-state index in [9.17, 15) is 0 Å². The van der Waals surface area contributed by atoms with Crippen molar-refractivity contribution in [1.29, 1.82) is 0 Å². The predicted octanol–water partition coefficient (Wildman–Crippen LogP) is 5.18. The van der Waals surface area contributed by atoms with Gasteiger partial charge in [0.1, 0.15) is 0 Å². The Morgan fingerprint density at radius 3 is 2.50 bits per heavy atom. The van der Waals surface area contributed by atoms with Crippen LogP contribution in [0.5, 0.6) is 0 Å². The molecule has 2 unspecified atom stereocenters. The van der Waals surface area contributed by atoms with Crippen molar-refractivity contribution in [2.75, 3.05) is 5.01 Å². The highest BCUT2D eigenvalue weighted by Gasteiger charge is 2.31. The second-order valence-electron chi connectivity index (χ2n) is 4.92. The zero-order valence-electron chi connectivity index (χ0n) is 11.0. The van der Waals surface area contributed by atoms with Gasteiger partial charge in [0.2, 0.25) is 0 Å². The fraction of sp³-hybridized carbons (Fsp3) is 0.188. The molecule has 3 rings (SSSR count). The minimum absolute atomic E-state index is 0.162. The van der Waals surface area contributed by atoms with Gasteiger partial charge in [-0.05, 0) is 23.8 Å². The van der Waals surface area contributed by atoms with E-state index in [0.717, 1.165) is 5.69 Å². The van der Waals surface area contributed by atoms with Crippen LogP contribution in [0.2, 0.25) is 10.0 Å². The number of nitrogens with zero attached hydrogens (tertiary/aromatic N) is 2. The average Bonchev–Trinajstić information content (AvgIpc) is 2.81. The van der Waals surface area contributed by atoms with Crippen molar-refractivity contribution in [2.24, 2.45) is 11.0 Å². The Bertz CT molecular complexity index is 640. The highest BCUT2D eigenvalue weighted by Crippen LogP contribution is 2.40. The Labute approximate surface area is 128 Å². The maximum absolute atomic E-state index is 6.31. The number of halogens is 2.